The van der Waals surface area contributed by atoms with Crippen LogP contribution in [-0.4, -0.2) is 20.5 Å². The second kappa shape index (κ2) is 5.98. The van der Waals surface area contributed by atoms with Gasteiger partial charge in [-0.1, -0.05) is 12.1 Å². The van der Waals surface area contributed by atoms with Gasteiger partial charge in [0.1, 0.15) is 15.7 Å². The van der Waals surface area contributed by atoms with Gasteiger partial charge in [0.25, 0.3) is 0 Å². The highest BCUT2D eigenvalue weighted by Crippen LogP contribution is 2.43. The molecule has 22 heavy (non-hydrogen) atoms. The molecule has 0 spiro atoms. The minimum absolute atomic E-state index is 0.163. The summed E-state index contributed by atoms with van der Waals surface area (Å²) in [6, 6.07) is 6.39. The van der Waals surface area contributed by atoms with Gasteiger partial charge in [0.2, 0.25) is 10.0 Å². The molecule has 0 bridgehead atoms. The normalized spacial score (nSPS) is 16.5. The molecule has 3 rings (SSSR count). The molecule has 1 heterocycles. The maximum atomic E-state index is 12.7. The van der Waals surface area contributed by atoms with Crippen LogP contribution in [0.3, 0.4) is 0 Å². The summed E-state index contributed by atoms with van der Waals surface area (Å²) in [5, 5.41) is 0.832. The second-order valence-corrected chi connectivity index (χ2v) is 8.35. The lowest BCUT2D eigenvalue weighted by molar-refractivity contribution is 0.401. The second-order valence-electron chi connectivity index (χ2n) is 5.40. The van der Waals surface area contributed by atoms with Crippen molar-refractivity contribution in [2.45, 2.75) is 30.7 Å². The maximum Gasteiger partial charge on any atom is 0.244 e. The lowest BCUT2D eigenvalue weighted by atomic mass is 10.2. The van der Waals surface area contributed by atoms with Gasteiger partial charge in [-0.25, -0.2) is 18.1 Å². The Morgan fingerprint density at radius 2 is 2.09 bits per heavy atom. The first-order valence-corrected chi connectivity index (χ1v) is 9.39. The van der Waals surface area contributed by atoms with Crippen LogP contribution in [0.5, 0.6) is 5.75 Å². The lowest BCUT2D eigenvalue weighted by Crippen LogP contribution is -2.30. The number of sulfonamides is 1. The number of thiazole rings is 1. The monoisotopic (exact) mass is 338 g/mol. The first kappa shape index (κ1) is 15.5. The van der Waals surface area contributed by atoms with E-state index in [-0.39, 0.29) is 10.9 Å². The summed E-state index contributed by atoms with van der Waals surface area (Å²) in [7, 11) is -2.19. The predicted octanol–water partition coefficient (Wildman–Crippen LogP) is 2.89. The van der Waals surface area contributed by atoms with Gasteiger partial charge in [0.05, 0.1) is 13.2 Å². The molecule has 1 aromatic carbocycles. The van der Waals surface area contributed by atoms with Gasteiger partial charge < -0.3 is 4.74 Å². The number of ether oxygens (including phenoxy) is 1. The maximum absolute atomic E-state index is 12.7. The molecule has 0 radical (unpaired) electrons. The fourth-order valence-electron chi connectivity index (χ4n) is 2.37. The summed E-state index contributed by atoms with van der Waals surface area (Å²) in [6.07, 6.45) is 3.84. The molecular formula is C15H18N2O3S2. The van der Waals surface area contributed by atoms with Crippen LogP contribution < -0.4 is 9.46 Å². The van der Waals surface area contributed by atoms with Crippen molar-refractivity contribution in [2.24, 2.45) is 5.92 Å². The minimum atomic E-state index is -3.65. The topological polar surface area (TPSA) is 68.3 Å². The molecule has 1 saturated carbocycles. The average molecular weight is 338 g/mol. The van der Waals surface area contributed by atoms with Crippen molar-refractivity contribution in [3.8, 4) is 5.75 Å². The van der Waals surface area contributed by atoms with Crippen molar-refractivity contribution in [3.05, 3.63) is 40.3 Å². The first-order chi connectivity index (χ1) is 10.5. The molecule has 7 heteroatoms. The van der Waals surface area contributed by atoms with E-state index in [1.165, 1.54) is 7.11 Å². The molecule has 1 atom stereocenters. The van der Waals surface area contributed by atoms with Crippen LogP contribution in [-0.2, 0) is 10.0 Å². The molecule has 5 nitrogen and oxygen atoms in total. The molecule has 0 amide bonds. The Labute approximate surface area is 134 Å². The molecule has 1 aromatic heterocycles. The van der Waals surface area contributed by atoms with Crippen molar-refractivity contribution >= 4 is 21.4 Å². The van der Waals surface area contributed by atoms with Crippen molar-refractivity contribution in [3.63, 3.8) is 0 Å². The fraction of sp³-hybridized carbons (Fsp3) is 0.400. The van der Waals surface area contributed by atoms with E-state index in [9.17, 15) is 8.42 Å². The van der Waals surface area contributed by atoms with E-state index in [4.69, 9.17) is 4.74 Å². The zero-order valence-corrected chi connectivity index (χ0v) is 14.1. The molecule has 0 aliphatic heterocycles. The zero-order valence-electron chi connectivity index (χ0n) is 12.4. The van der Waals surface area contributed by atoms with E-state index in [1.807, 2.05) is 6.92 Å². The van der Waals surface area contributed by atoms with Gasteiger partial charge in [-0.05, 0) is 37.8 Å². The Kier molecular flexibility index (Phi) is 4.20. The summed E-state index contributed by atoms with van der Waals surface area (Å²) >= 11 is 1.54. The SMILES string of the molecule is COc1ccccc1S(=O)(=O)N[C@H](c1ncc(C)s1)C1CC1. The highest BCUT2D eigenvalue weighted by Gasteiger charge is 2.37. The summed E-state index contributed by atoms with van der Waals surface area (Å²) in [5.74, 6) is 0.676. The molecule has 2 aromatic rings. The number of rotatable bonds is 6. The number of nitrogens with one attached hydrogen (secondary N) is 1. The third-order valence-electron chi connectivity index (χ3n) is 3.64. The van der Waals surface area contributed by atoms with E-state index in [0.717, 1.165) is 22.7 Å². The third kappa shape index (κ3) is 3.16. The average Bonchev–Trinajstić information content (AvgIpc) is 3.26. The molecule has 118 valence electrons. The van der Waals surface area contributed by atoms with E-state index in [1.54, 1.807) is 41.8 Å². The van der Waals surface area contributed by atoms with Gasteiger partial charge in [0, 0.05) is 11.1 Å². The standard InChI is InChI=1S/C15H18N2O3S2/c1-10-9-16-15(21-10)14(11-7-8-11)17-22(18,19)13-6-4-3-5-12(13)20-2/h3-6,9,11,14,17H,7-8H2,1-2H3/t14-/m0/s1. The van der Waals surface area contributed by atoms with Crippen LogP contribution >= 0.6 is 11.3 Å². The highest BCUT2D eigenvalue weighted by atomic mass is 32.2. The van der Waals surface area contributed by atoms with E-state index < -0.39 is 10.0 Å². The Bertz CT molecular complexity index is 767. The van der Waals surface area contributed by atoms with Crippen molar-refractivity contribution < 1.29 is 13.2 Å². The Balaban J connectivity index is 1.92. The quantitative estimate of drug-likeness (QED) is 0.879. The Hall–Kier alpha value is -1.44. The van der Waals surface area contributed by atoms with Crippen LogP contribution in [0, 0.1) is 12.8 Å². The fourth-order valence-corrected chi connectivity index (χ4v) is 4.80. The number of hydrogen-bond donors (Lipinski definition) is 1. The first-order valence-electron chi connectivity index (χ1n) is 7.09. The molecule has 1 fully saturated rings. The highest BCUT2D eigenvalue weighted by molar-refractivity contribution is 7.89. The van der Waals surface area contributed by atoms with Crippen LogP contribution in [0.2, 0.25) is 0 Å². The summed E-state index contributed by atoms with van der Waals surface area (Å²) in [6.45, 7) is 1.97. The largest absolute Gasteiger partial charge is 0.495 e. The Morgan fingerprint density at radius 3 is 2.68 bits per heavy atom. The van der Waals surface area contributed by atoms with Crippen LogP contribution in [0.4, 0.5) is 0 Å². The van der Waals surface area contributed by atoms with Crippen molar-refractivity contribution in [2.75, 3.05) is 7.11 Å². The van der Waals surface area contributed by atoms with Gasteiger partial charge in [-0.15, -0.1) is 11.3 Å². The van der Waals surface area contributed by atoms with Crippen LogP contribution in [0.1, 0.15) is 28.8 Å². The van der Waals surface area contributed by atoms with Gasteiger partial charge in [-0.3, -0.25) is 0 Å². The number of hydrogen-bond acceptors (Lipinski definition) is 5. The molecule has 1 aliphatic rings. The molecule has 0 saturated heterocycles. The Morgan fingerprint density at radius 1 is 1.36 bits per heavy atom. The minimum Gasteiger partial charge on any atom is -0.495 e. The van der Waals surface area contributed by atoms with Crippen LogP contribution in [0.15, 0.2) is 35.4 Å². The van der Waals surface area contributed by atoms with Gasteiger partial charge >= 0.3 is 0 Å². The van der Waals surface area contributed by atoms with Gasteiger partial charge in [0.15, 0.2) is 0 Å². The predicted molar refractivity (Wildman–Crippen MR) is 85.6 cm³/mol. The summed E-state index contributed by atoms with van der Waals surface area (Å²) < 4.78 is 33.4. The summed E-state index contributed by atoms with van der Waals surface area (Å²) in [5.41, 5.74) is 0. The smallest absolute Gasteiger partial charge is 0.244 e. The number of aryl methyl sites for hydroxylation is 1. The molecule has 1 N–H and O–H groups in total. The van der Waals surface area contributed by atoms with Crippen molar-refractivity contribution in [1.82, 2.24) is 9.71 Å². The number of para-hydroxylation sites is 1. The number of benzene rings is 1. The van der Waals surface area contributed by atoms with Crippen molar-refractivity contribution in [1.29, 1.82) is 0 Å². The van der Waals surface area contributed by atoms with E-state index in [2.05, 4.69) is 9.71 Å². The zero-order chi connectivity index (χ0) is 15.7. The summed E-state index contributed by atoms with van der Waals surface area (Å²) in [4.78, 5) is 5.60. The number of nitrogens with zero attached hydrogens (tertiary/aromatic N) is 1. The third-order valence-corrected chi connectivity index (χ3v) is 6.12. The lowest BCUT2D eigenvalue weighted by Gasteiger charge is -2.17. The van der Waals surface area contributed by atoms with Gasteiger partial charge in [-0.2, -0.15) is 0 Å². The molecule has 0 unspecified atom stereocenters. The number of aromatic nitrogens is 1. The number of methoxy groups -OCH3 is 1. The molecular weight excluding hydrogens is 320 g/mol. The van der Waals surface area contributed by atoms with Crippen LogP contribution in [0.25, 0.3) is 0 Å². The van der Waals surface area contributed by atoms with E-state index in [0.29, 0.717) is 11.7 Å². The molecule has 1 aliphatic carbocycles. The van der Waals surface area contributed by atoms with E-state index >= 15 is 0 Å².